The van der Waals surface area contributed by atoms with Gasteiger partial charge < -0.3 is 20.4 Å². The molecule has 1 unspecified atom stereocenters. The molecule has 140 valence electrons. The number of likely N-dealkylation sites (tertiary alicyclic amines) is 1. The molecule has 1 aliphatic heterocycles. The first kappa shape index (κ1) is 17.1. The van der Waals surface area contributed by atoms with Gasteiger partial charge in [0.1, 0.15) is 17.1 Å². The molecule has 1 fully saturated rings. The molecule has 0 spiro atoms. The number of fused-ring (bicyclic) bond motifs is 1. The van der Waals surface area contributed by atoms with Gasteiger partial charge in [-0.15, -0.1) is 0 Å². The van der Waals surface area contributed by atoms with E-state index in [2.05, 4.69) is 15.2 Å². The SMILES string of the molecule is COc1ccc2cc(C(=O)N3CCCCC3c3cc(C(N)=O)n[nH]3)[nH]c2c1. The van der Waals surface area contributed by atoms with E-state index in [0.29, 0.717) is 12.2 Å². The van der Waals surface area contributed by atoms with Crippen LogP contribution in [0.2, 0.25) is 0 Å². The largest absolute Gasteiger partial charge is 0.497 e. The van der Waals surface area contributed by atoms with Gasteiger partial charge in [-0.1, -0.05) is 0 Å². The number of H-pyrrole nitrogens is 2. The molecule has 4 N–H and O–H groups in total. The number of methoxy groups -OCH3 is 1. The number of hydrogen-bond acceptors (Lipinski definition) is 4. The summed E-state index contributed by atoms with van der Waals surface area (Å²) < 4.78 is 5.24. The zero-order valence-corrected chi connectivity index (χ0v) is 15.0. The third kappa shape index (κ3) is 3.14. The van der Waals surface area contributed by atoms with Crippen molar-refractivity contribution < 1.29 is 14.3 Å². The Morgan fingerprint density at radius 2 is 2.11 bits per heavy atom. The van der Waals surface area contributed by atoms with Gasteiger partial charge in [0.2, 0.25) is 0 Å². The summed E-state index contributed by atoms with van der Waals surface area (Å²) in [6.07, 6.45) is 2.75. The Bertz CT molecular complexity index is 1010. The van der Waals surface area contributed by atoms with Gasteiger partial charge in [0.25, 0.3) is 11.8 Å². The molecule has 27 heavy (non-hydrogen) atoms. The smallest absolute Gasteiger partial charge is 0.270 e. The molecule has 1 aromatic carbocycles. The van der Waals surface area contributed by atoms with Crippen LogP contribution in [0.25, 0.3) is 10.9 Å². The van der Waals surface area contributed by atoms with Crippen LogP contribution in [0.15, 0.2) is 30.3 Å². The lowest BCUT2D eigenvalue weighted by molar-refractivity contribution is 0.0601. The van der Waals surface area contributed by atoms with E-state index in [9.17, 15) is 9.59 Å². The van der Waals surface area contributed by atoms with E-state index in [4.69, 9.17) is 10.5 Å². The fourth-order valence-corrected chi connectivity index (χ4v) is 3.63. The average molecular weight is 367 g/mol. The number of carbonyl (C=O) groups excluding carboxylic acids is 2. The normalized spacial score (nSPS) is 17.2. The molecule has 3 heterocycles. The second-order valence-corrected chi connectivity index (χ2v) is 6.72. The number of nitrogens with zero attached hydrogens (tertiary/aromatic N) is 2. The highest BCUT2D eigenvalue weighted by Gasteiger charge is 2.31. The lowest BCUT2D eigenvalue weighted by Gasteiger charge is -2.34. The topological polar surface area (TPSA) is 117 Å². The number of nitrogens with two attached hydrogens (primary N) is 1. The van der Waals surface area contributed by atoms with Crippen LogP contribution >= 0.6 is 0 Å². The quantitative estimate of drug-likeness (QED) is 0.656. The van der Waals surface area contributed by atoms with E-state index in [1.54, 1.807) is 13.2 Å². The number of ether oxygens (including phenoxy) is 1. The zero-order chi connectivity index (χ0) is 19.0. The molecule has 1 aliphatic rings. The summed E-state index contributed by atoms with van der Waals surface area (Å²) in [5.74, 6) is 0.0662. The number of rotatable bonds is 4. The molecule has 0 saturated carbocycles. The Labute approximate surface area is 155 Å². The van der Waals surface area contributed by atoms with Gasteiger partial charge in [-0.05, 0) is 43.5 Å². The fourth-order valence-electron chi connectivity index (χ4n) is 3.63. The van der Waals surface area contributed by atoms with Crippen molar-refractivity contribution in [3.05, 3.63) is 47.4 Å². The van der Waals surface area contributed by atoms with Crippen molar-refractivity contribution in [1.82, 2.24) is 20.1 Å². The summed E-state index contributed by atoms with van der Waals surface area (Å²) in [6, 6.07) is 8.98. The molecule has 1 atom stereocenters. The molecule has 4 rings (SSSR count). The van der Waals surface area contributed by atoms with E-state index in [0.717, 1.165) is 41.6 Å². The van der Waals surface area contributed by atoms with E-state index in [-0.39, 0.29) is 17.6 Å². The monoisotopic (exact) mass is 367 g/mol. The van der Waals surface area contributed by atoms with Crippen molar-refractivity contribution >= 4 is 22.7 Å². The lowest BCUT2D eigenvalue weighted by atomic mass is 9.98. The summed E-state index contributed by atoms with van der Waals surface area (Å²) in [4.78, 5) is 29.5. The number of piperidine rings is 1. The van der Waals surface area contributed by atoms with Crippen molar-refractivity contribution in [2.24, 2.45) is 5.73 Å². The van der Waals surface area contributed by atoms with Crippen LogP contribution in [-0.2, 0) is 0 Å². The number of nitrogens with one attached hydrogen (secondary N) is 2. The molecular weight excluding hydrogens is 346 g/mol. The van der Waals surface area contributed by atoms with Crippen LogP contribution in [0.4, 0.5) is 0 Å². The van der Waals surface area contributed by atoms with Gasteiger partial charge in [-0.25, -0.2) is 0 Å². The number of primary amides is 1. The van der Waals surface area contributed by atoms with Crippen molar-refractivity contribution in [3.63, 3.8) is 0 Å². The van der Waals surface area contributed by atoms with Crippen molar-refractivity contribution in [2.75, 3.05) is 13.7 Å². The van der Waals surface area contributed by atoms with Gasteiger partial charge in [-0.2, -0.15) is 5.10 Å². The average Bonchev–Trinajstić information content (AvgIpc) is 3.34. The van der Waals surface area contributed by atoms with Gasteiger partial charge in [0, 0.05) is 23.5 Å². The molecule has 2 amide bonds. The summed E-state index contributed by atoms with van der Waals surface area (Å²) in [5.41, 5.74) is 7.58. The minimum absolute atomic E-state index is 0.0786. The Morgan fingerprint density at radius 1 is 1.26 bits per heavy atom. The summed E-state index contributed by atoms with van der Waals surface area (Å²) >= 11 is 0. The van der Waals surface area contributed by atoms with Crippen LogP contribution in [0.5, 0.6) is 5.75 Å². The molecular formula is C19H21N5O3. The van der Waals surface area contributed by atoms with Crippen LogP contribution in [0.3, 0.4) is 0 Å². The number of hydrogen-bond donors (Lipinski definition) is 3. The molecule has 8 heteroatoms. The second-order valence-electron chi connectivity index (χ2n) is 6.72. The van der Waals surface area contributed by atoms with E-state index in [1.165, 1.54) is 0 Å². The molecule has 3 aromatic rings. The molecule has 0 aliphatic carbocycles. The highest BCUT2D eigenvalue weighted by Crippen LogP contribution is 2.32. The van der Waals surface area contributed by atoms with Gasteiger partial charge >= 0.3 is 0 Å². The summed E-state index contributed by atoms with van der Waals surface area (Å²) in [5, 5.41) is 7.76. The van der Waals surface area contributed by atoms with Crippen LogP contribution < -0.4 is 10.5 Å². The predicted molar refractivity (Wildman–Crippen MR) is 99.6 cm³/mol. The van der Waals surface area contributed by atoms with E-state index in [1.807, 2.05) is 29.2 Å². The third-order valence-corrected chi connectivity index (χ3v) is 5.03. The van der Waals surface area contributed by atoms with E-state index >= 15 is 0 Å². The predicted octanol–water partition coefficient (Wildman–Crippen LogP) is 2.37. The van der Waals surface area contributed by atoms with Crippen LogP contribution in [-0.4, -0.2) is 45.6 Å². The molecule has 2 aromatic heterocycles. The van der Waals surface area contributed by atoms with Crippen LogP contribution in [0, 0.1) is 0 Å². The maximum atomic E-state index is 13.2. The first-order chi connectivity index (χ1) is 13.1. The maximum Gasteiger partial charge on any atom is 0.270 e. The molecule has 0 bridgehead atoms. The third-order valence-electron chi connectivity index (χ3n) is 5.03. The maximum absolute atomic E-state index is 13.2. The molecule has 1 saturated heterocycles. The highest BCUT2D eigenvalue weighted by atomic mass is 16.5. The molecule has 0 radical (unpaired) electrons. The van der Waals surface area contributed by atoms with E-state index < -0.39 is 5.91 Å². The van der Waals surface area contributed by atoms with Crippen molar-refractivity contribution in [3.8, 4) is 5.75 Å². The van der Waals surface area contributed by atoms with Crippen molar-refractivity contribution in [2.45, 2.75) is 25.3 Å². The Morgan fingerprint density at radius 3 is 2.85 bits per heavy atom. The Balaban J connectivity index is 1.64. The van der Waals surface area contributed by atoms with Crippen molar-refractivity contribution in [1.29, 1.82) is 0 Å². The standard InChI is InChI=1S/C19H21N5O3/c1-27-12-6-5-11-8-16(21-13(11)9-12)19(26)24-7-3-2-4-17(24)14-10-15(18(20)25)23-22-14/h5-6,8-10,17,21H,2-4,7H2,1H3,(H2,20,25)(H,22,23). The number of aromatic nitrogens is 3. The second kappa shape index (κ2) is 6.79. The molecule has 8 nitrogen and oxygen atoms in total. The number of amides is 2. The minimum atomic E-state index is -0.587. The first-order valence-corrected chi connectivity index (χ1v) is 8.89. The van der Waals surface area contributed by atoms with Gasteiger partial charge in [-0.3, -0.25) is 14.7 Å². The first-order valence-electron chi connectivity index (χ1n) is 8.89. The number of aromatic amines is 2. The summed E-state index contributed by atoms with van der Waals surface area (Å²) in [7, 11) is 1.61. The summed E-state index contributed by atoms with van der Waals surface area (Å²) in [6.45, 7) is 0.646. The minimum Gasteiger partial charge on any atom is -0.497 e. The van der Waals surface area contributed by atoms with Gasteiger partial charge in [0.15, 0.2) is 0 Å². The highest BCUT2D eigenvalue weighted by molar-refractivity contribution is 5.98. The Hall–Kier alpha value is -3.29. The number of carbonyl (C=O) groups is 2. The fraction of sp³-hybridized carbons (Fsp3) is 0.316. The number of benzene rings is 1. The van der Waals surface area contributed by atoms with Gasteiger partial charge in [0.05, 0.1) is 18.8 Å². The lowest BCUT2D eigenvalue weighted by Crippen LogP contribution is -2.38. The Kier molecular flexibility index (Phi) is 4.31. The zero-order valence-electron chi connectivity index (χ0n) is 15.0. The van der Waals surface area contributed by atoms with Crippen LogP contribution in [0.1, 0.15) is 52.0 Å².